The standard InChI is InChI=1S/C20H24N2O3/c1-2-24-17-9-11-19(12-10-17)25-18-7-5-16(6-8-18)21-20(23)15-22-13-3-4-14-22/h5-12H,2-4,13-15H2,1H3,(H,21,23)/p+1. The molecule has 5 heteroatoms. The topological polar surface area (TPSA) is 52.0 Å². The van der Waals surface area contributed by atoms with Gasteiger partial charge in [0.25, 0.3) is 5.91 Å². The van der Waals surface area contributed by atoms with Gasteiger partial charge in [0.15, 0.2) is 6.54 Å². The third-order valence-corrected chi connectivity index (χ3v) is 4.23. The predicted molar refractivity (Wildman–Crippen MR) is 97.6 cm³/mol. The third kappa shape index (κ3) is 5.22. The van der Waals surface area contributed by atoms with Crippen molar-refractivity contribution in [2.45, 2.75) is 19.8 Å². The monoisotopic (exact) mass is 341 g/mol. The molecule has 0 saturated carbocycles. The summed E-state index contributed by atoms with van der Waals surface area (Å²) in [6, 6.07) is 15.0. The van der Waals surface area contributed by atoms with Gasteiger partial charge in [-0.15, -0.1) is 0 Å². The first kappa shape index (κ1) is 17.3. The minimum Gasteiger partial charge on any atom is -0.494 e. The number of anilines is 1. The molecule has 1 aliphatic heterocycles. The fourth-order valence-electron chi connectivity index (χ4n) is 3.00. The number of hydrogen-bond acceptors (Lipinski definition) is 3. The van der Waals surface area contributed by atoms with Crippen LogP contribution in [-0.4, -0.2) is 32.1 Å². The minimum absolute atomic E-state index is 0.0667. The summed E-state index contributed by atoms with van der Waals surface area (Å²) in [5.41, 5.74) is 0.794. The summed E-state index contributed by atoms with van der Waals surface area (Å²) in [5, 5.41) is 2.95. The Labute approximate surface area is 148 Å². The van der Waals surface area contributed by atoms with Crippen LogP contribution in [0.25, 0.3) is 0 Å². The number of nitrogens with one attached hydrogen (secondary N) is 2. The highest BCUT2D eigenvalue weighted by Crippen LogP contribution is 2.25. The molecule has 0 radical (unpaired) electrons. The summed E-state index contributed by atoms with van der Waals surface area (Å²) in [6.07, 6.45) is 2.44. The Morgan fingerprint density at radius 2 is 1.52 bits per heavy atom. The molecule has 0 bridgehead atoms. The molecule has 0 atom stereocenters. The zero-order chi connectivity index (χ0) is 17.5. The van der Waals surface area contributed by atoms with Crippen LogP contribution in [0.15, 0.2) is 48.5 Å². The van der Waals surface area contributed by atoms with E-state index in [1.165, 1.54) is 17.7 Å². The van der Waals surface area contributed by atoms with Crippen molar-refractivity contribution in [3.8, 4) is 17.2 Å². The lowest BCUT2D eigenvalue weighted by Gasteiger charge is -2.12. The Morgan fingerprint density at radius 3 is 2.12 bits per heavy atom. The molecule has 0 unspecified atom stereocenters. The summed E-state index contributed by atoms with van der Waals surface area (Å²) in [6.45, 7) is 5.35. The highest BCUT2D eigenvalue weighted by atomic mass is 16.5. The van der Waals surface area contributed by atoms with Crippen LogP contribution in [0.3, 0.4) is 0 Å². The number of hydrogen-bond donors (Lipinski definition) is 2. The Morgan fingerprint density at radius 1 is 0.960 bits per heavy atom. The second-order valence-electron chi connectivity index (χ2n) is 6.21. The van der Waals surface area contributed by atoms with Crippen LogP contribution in [0.4, 0.5) is 5.69 Å². The third-order valence-electron chi connectivity index (χ3n) is 4.23. The van der Waals surface area contributed by atoms with Gasteiger partial charge in [-0.25, -0.2) is 0 Å². The fourth-order valence-corrected chi connectivity index (χ4v) is 3.00. The number of ether oxygens (including phenoxy) is 2. The van der Waals surface area contributed by atoms with Crippen molar-refractivity contribution >= 4 is 11.6 Å². The number of benzene rings is 2. The molecule has 1 fully saturated rings. The predicted octanol–water partition coefficient (Wildman–Crippen LogP) is 2.49. The molecular weight excluding hydrogens is 316 g/mol. The second-order valence-corrected chi connectivity index (χ2v) is 6.21. The van der Waals surface area contributed by atoms with Crippen LogP contribution in [0, 0.1) is 0 Å². The van der Waals surface area contributed by atoms with Gasteiger partial charge in [-0.05, 0) is 55.5 Å². The van der Waals surface area contributed by atoms with Crippen molar-refractivity contribution < 1.29 is 19.2 Å². The summed E-state index contributed by atoms with van der Waals surface area (Å²) in [7, 11) is 0. The van der Waals surface area contributed by atoms with E-state index in [9.17, 15) is 4.79 Å². The lowest BCUT2D eigenvalue weighted by atomic mass is 10.3. The van der Waals surface area contributed by atoms with E-state index in [0.29, 0.717) is 13.2 Å². The van der Waals surface area contributed by atoms with Crippen molar-refractivity contribution in [1.29, 1.82) is 0 Å². The van der Waals surface area contributed by atoms with Crippen LogP contribution < -0.4 is 19.7 Å². The zero-order valence-electron chi connectivity index (χ0n) is 14.6. The van der Waals surface area contributed by atoms with E-state index in [2.05, 4.69) is 5.32 Å². The number of carbonyl (C=O) groups is 1. The van der Waals surface area contributed by atoms with E-state index in [1.807, 2.05) is 55.5 Å². The average Bonchev–Trinajstić information content (AvgIpc) is 3.11. The molecule has 0 aliphatic carbocycles. The number of rotatable bonds is 7. The molecule has 0 spiro atoms. The van der Waals surface area contributed by atoms with Gasteiger partial charge in [-0.2, -0.15) is 0 Å². The Bertz CT molecular complexity index is 677. The molecule has 5 nitrogen and oxygen atoms in total. The van der Waals surface area contributed by atoms with Gasteiger partial charge in [0.2, 0.25) is 0 Å². The van der Waals surface area contributed by atoms with Crippen molar-refractivity contribution in [2.75, 3.05) is 31.6 Å². The quantitative estimate of drug-likeness (QED) is 0.814. The van der Waals surface area contributed by atoms with Crippen LogP contribution in [-0.2, 0) is 4.79 Å². The van der Waals surface area contributed by atoms with Crippen LogP contribution >= 0.6 is 0 Å². The first-order chi connectivity index (χ1) is 12.2. The van der Waals surface area contributed by atoms with Crippen molar-refractivity contribution in [1.82, 2.24) is 0 Å². The molecule has 0 aromatic heterocycles. The van der Waals surface area contributed by atoms with Gasteiger partial charge in [0.1, 0.15) is 17.2 Å². The highest BCUT2D eigenvalue weighted by Gasteiger charge is 2.18. The summed E-state index contributed by atoms with van der Waals surface area (Å²) < 4.78 is 11.2. The zero-order valence-corrected chi connectivity index (χ0v) is 14.6. The van der Waals surface area contributed by atoms with Gasteiger partial charge < -0.3 is 19.7 Å². The van der Waals surface area contributed by atoms with Crippen molar-refractivity contribution in [3.05, 3.63) is 48.5 Å². The number of quaternary nitrogens is 1. The van der Waals surface area contributed by atoms with E-state index in [0.717, 1.165) is 36.0 Å². The minimum atomic E-state index is 0.0667. The molecule has 25 heavy (non-hydrogen) atoms. The maximum atomic E-state index is 12.1. The van der Waals surface area contributed by atoms with E-state index in [-0.39, 0.29) is 5.91 Å². The van der Waals surface area contributed by atoms with Crippen LogP contribution in [0.2, 0.25) is 0 Å². The number of likely N-dealkylation sites (tertiary alicyclic amines) is 1. The van der Waals surface area contributed by atoms with Gasteiger partial charge >= 0.3 is 0 Å². The van der Waals surface area contributed by atoms with Gasteiger partial charge in [0, 0.05) is 18.5 Å². The van der Waals surface area contributed by atoms with E-state index in [4.69, 9.17) is 9.47 Å². The smallest absolute Gasteiger partial charge is 0.279 e. The number of carbonyl (C=O) groups excluding carboxylic acids is 1. The van der Waals surface area contributed by atoms with Crippen molar-refractivity contribution in [2.24, 2.45) is 0 Å². The molecule has 132 valence electrons. The maximum absolute atomic E-state index is 12.1. The van der Waals surface area contributed by atoms with Crippen molar-refractivity contribution in [3.63, 3.8) is 0 Å². The Hall–Kier alpha value is -2.53. The molecule has 2 N–H and O–H groups in total. The van der Waals surface area contributed by atoms with Crippen LogP contribution in [0.1, 0.15) is 19.8 Å². The molecule has 1 heterocycles. The average molecular weight is 341 g/mol. The highest BCUT2D eigenvalue weighted by molar-refractivity contribution is 5.91. The van der Waals surface area contributed by atoms with Gasteiger partial charge in [-0.3, -0.25) is 4.79 Å². The molecular formula is C20H25N2O3+. The summed E-state index contributed by atoms with van der Waals surface area (Å²) in [4.78, 5) is 13.4. The largest absolute Gasteiger partial charge is 0.494 e. The molecule has 1 amide bonds. The van der Waals surface area contributed by atoms with E-state index < -0.39 is 0 Å². The summed E-state index contributed by atoms with van der Waals surface area (Å²) >= 11 is 0. The van der Waals surface area contributed by atoms with E-state index >= 15 is 0 Å². The van der Waals surface area contributed by atoms with Crippen LogP contribution in [0.5, 0.6) is 17.2 Å². The molecule has 2 aromatic rings. The lowest BCUT2D eigenvalue weighted by Crippen LogP contribution is -3.11. The Kier molecular flexibility index (Phi) is 5.90. The molecule has 1 aliphatic rings. The molecule has 2 aromatic carbocycles. The number of amides is 1. The SMILES string of the molecule is CCOc1ccc(Oc2ccc(NC(=O)C[NH+]3CCCC3)cc2)cc1. The maximum Gasteiger partial charge on any atom is 0.279 e. The normalized spacial score (nSPS) is 14.3. The lowest BCUT2D eigenvalue weighted by molar-refractivity contribution is -0.878. The van der Waals surface area contributed by atoms with Gasteiger partial charge in [-0.1, -0.05) is 0 Å². The second kappa shape index (κ2) is 8.53. The molecule has 3 rings (SSSR count). The Balaban J connectivity index is 1.51. The fraction of sp³-hybridized carbons (Fsp3) is 0.350. The van der Waals surface area contributed by atoms with Gasteiger partial charge in [0.05, 0.1) is 19.7 Å². The summed E-state index contributed by atoms with van der Waals surface area (Å²) in [5.74, 6) is 2.37. The molecule has 1 saturated heterocycles. The first-order valence-electron chi connectivity index (χ1n) is 8.87. The first-order valence-corrected chi connectivity index (χ1v) is 8.87. The van der Waals surface area contributed by atoms with E-state index in [1.54, 1.807) is 0 Å².